The minimum absolute atomic E-state index is 0.902. The van der Waals surface area contributed by atoms with Crippen molar-refractivity contribution in [3.8, 4) is 33.4 Å². The summed E-state index contributed by atoms with van der Waals surface area (Å²) in [7, 11) is 0. The monoisotopic (exact) mass is 663 g/mol. The van der Waals surface area contributed by atoms with Crippen LogP contribution in [0.4, 0.5) is 17.1 Å². The minimum atomic E-state index is 0.902. The van der Waals surface area contributed by atoms with Gasteiger partial charge in [-0.3, -0.25) is 0 Å². The summed E-state index contributed by atoms with van der Waals surface area (Å²) < 4.78 is 6.62. The summed E-state index contributed by atoms with van der Waals surface area (Å²) in [6.45, 7) is 0. The fraction of sp³-hybridized carbons (Fsp3) is 0. The van der Waals surface area contributed by atoms with Gasteiger partial charge in [0.15, 0.2) is 0 Å². The molecule has 0 N–H and O–H groups in total. The Hall–Kier alpha value is -6.90. The second kappa shape index (κ2) is 12.5. The summed E-state index contributed by atoms with van der Waals surface area (Å²) >= 11 is 0. The summed E-state index contributed by atoms with van der Waals surface area (Å²) in [4.78, 5) is 2.32. The van der Waals surface area contributed by atoms with Crippen LogP contribution >= 0.6 is 0 Å². The van der Waals surface area contributed by atoms with E-state index < -0.39 is 0 Å². The molecule has 0 aliphatic carbocycles. The van der Waals surface area contributed by atoms with Gasteiger partial charge in [0.05, 0.1) is 0 Å². The number of nitrogens with zero attached hydrogens (tertiary/aromatic N) is 1. The molecule has 0 unspecified atom stereocenters. The second-order valence-corrected chi connectivity index (χ2v) is 13.4. The van der Waals surface area contributed by atoms with Gasteiger partial charge in [0.25, 0.3) is 0 Å². The van der Waals surface area contributed by atoms with Gasteiger partial charge >= 0.3 is 0 Å². The highest BCUT2D eigenvalue weighted by atomic mass is 16.3. The maximum atomic E-state index is 6.62. The van der Waals surface area contributed by atoms with Gasteiger partial charge in [-0.05, 0) is 110 Å². The van der Waals surface area contributed by atoms with Crippen molar-refractivity contribution in [1.82, 2.24) is 0 Å². The molecule has 0 aliphatic heterocycles. The first-order valence-corrected chi connectivity index (χ1v) is 17.8. The van der Waals surface area contributed by atoms with E-state index in [2.05, 4.69) is 199 Å². The number of hydrogen-bond donors (Lipinski definition) is 0. The van der Waals surface area contributed by atoms with Crippen LogP contribution < -0.4 is 4.90 Å². The molecule has 1 aromatic heterocycles. The molecule has 2 heteroatoms. The number of anilines is 3. The normalized spacial score (nSPS) is 11.5. The predicted molar refractivity (Wildman–Crippen MR) is 220 cm³/mol. The molecular formula is C50H33NO. The van der Waals surface area contributed by atoms with Gasteiger partial charge in [0, 0.05) is 33.2 Å². The van der Waals surface area contributed by atoms with Crippen LogP contribution in [-0.2, 0) is 0 Å². The zero-order chi connectivity index (χ0) is 34.4. The van der Waals surface area contributed by atoms with Gasteiger partial charge in [-0.1, -0.05) is 140 Å². The Bertz CT molecular complexity index is 2870. The molecule has 10 rings (SSSR count). The number of rotatable bonds is 6. The fourth-order valence-corrected chi connectivity index (χ4v) is 7.63. The van der Waals surface area contributed by atoms with E-state index in [0.29, 0.717) is 0 Å². The molecule has 0 bridgehead atoms. The Labute approximate surface area is 302 Å². The summed E-state index contributed by atoms with van der Waals surface area (Å²) in [6, 6.07) is 71.6. The third-order valence-corrected chi connectivity index (χ3v) is 10.2. The Morgan fingerprint density at radius 1 is 0.308 bits per heavy atom. The molecular weight excluding hydrogens is 631 g/mol. The number of benzene rings is 9. The molecule has 0 amide bonds. The third-order valence-electron chi connectivity index (χ3n) is 10.2. The van der Waals surface area contributed by atoms with E-state index in [-0.39, 0.29) is 0 Å². The molecule has 52 heavy (non-hydrogen) atoms. The van der Waals surface area contributed by atoms with Crippen LogP contribution in [0.2, 0.25) is 0 Å². The van der Waals surface area contributed by atoms with E-state index in [1.54, 1.807) is 0 Å². The predicted octanol–water partition coefficient (Wildman–Crippen LogP) is 14.4. The van der Waals surface area contributed by atoms with Crippen molar-refractivity contribution in [2.24, 2.45) is 0 Å². The van der Waals surface area contributed by atoms with Gasteiger partial charge in [0.2, 0.25) is 0 Å². The molecule has 0 saturated heterocycles. The van der Waals surface area contributed by atoms with Crippen molar-refractivity contribution in [3.63, 3.8) is 0 Å². The molecule has 0 aliphatic rings. The molecule has 0 spiro atoms. The quantitative estimate of drug-likeness (QED) is 0.176. The van der Waals surface area contributed by atoms with Gasteiger partial charge < -0.3 is 9.32 Å². The molecule has 9 aromatic carbocycles. The first-order valence-electron chi connectivity index (χ1n) is 17.8. The van der Waals surface area contributed by atoms with Crippen molar-refractivity contribution < 1.29 is 4.42 Å². The first kappa shape index (κ1) is 30.0. The third kappa shape index (κ3) is 5.21. The van der Waals surface area contributed by atoms with Gasteiger partial charge in [-0.25, -0.2) is 0 Å². The largest absolute Gasteiger partial charge is 0.455 e. The zero-order valence-corrected chi connectivity index (χ0v) is 28.4. The highest BCUT2D eigenvalue weighted by Gasteiger charge is 2.17. The average Bonchev–Trinajstić information content (AvgIpc) is 3.60. The van der Waals surface area contributed by atoms with E-state index in [1.807, 2.05) is 6.07 Å². The smallest absolute Gasteiger partial charge is 0.143 e. The van der Waals surface area contributed by atoms with Crippen molar-refractivity contribution in [2.75, 3.05) is 4.90 Å². The highest BCUT2D eigenvalue weighted by Crippen LogP contribution is 2.42. The molecule has 0 fully saturated rings. The molecule has 10 aromatic rings. The van der Waals surface area contributed by atoms with Crippen LogP contribution in [0.25, 0.3) is 76.9 Å². The first-order chi connectivity index (χ1) is 25.8. The highest BCUT2D eigenvalue weighted by molar-refractivity contribution is 6.19. The van der Waals surface area contributed by atoms with E-state index in [1.165, 1.54) is 38.4 Å². The second-order valence-electron chi connectivity index (χ2n) is 13.4. The van der Waals surface area contributed by atoms with Crippen molar-refractivity contribution in [3.05, 3.63) is 200 Å². The topological polar surface area (TPSA) is 16.4 Å². The van der Waals surface area contributed by atoms with Gasteiger partial charge in [0.1, 0.15) is 11.2 Å². The number of fused-ring (bicyclic) bond motifs is 6. The minimum Gasteiger partial charge on any atom is -0.455 e. The van der Waals surface area contributed by atoms with Crippen LogP contribution in [0.3, 0.4) is 0 Å². The summed E-state index contributed by atoms with van der Waals surface area (Å²) in [5.41, 5.74) is 12.2. The molecule has 1 heterocycles. The molecule has 2 nitrogen and oxygen atoms in total. The Morgan fingerprint density at radius 2 is 0.846 bits per heavy atom. The van der Waals surface area contributed by atoms with Crippen LogP contribution in [0.15, 0.2) is 205 Å². The fourth-order valence-electron chi connectivity index (χ4n) is 7.63. The zero-order valence-electron chi connectivity index (χ0n) is 28.4. The average molecular weight is 664 g/mol. The maximum absolute atomic E-state index is 6.62. The molecule has 0 atom stereocenters. The van der Waals surface area contributed by atoms with E-state index in [9.17, 15) is 0 Å². The molecule has 0 radical (unpaired) electrons. The number of hydrogen-bond acceptors (Lipinski definition) is 2. The van der Waals surface area contributed by atoms with Gasteiger partial charge in [-0.15, -0.1) is 0 Å². The van der Waals surface area contributed by atoms with Crippen LogP contribution in [0.1, 0.15) is 0 Å². The summed E-state index contributed by atoms with van der Waals surface area (Å²) in [6.07, 6.45) is 0. The Balaban J connectivity index is 1.04. The summed E-state index contributed by atoms with van der Waals surface area (Å²) in [5.74, 6) is 0. The standard InChI is InChI=1S/C50H33NO/c1-3-11-34(12-4-1)40-25-30-45-48-33-47(44-17-9-10-18-46(44)50(48)52-49(45)32-40)37-23-28-43(29-24-37)51(41-15-5-2-6-16-41)42-26-21-36(22-27-42)39-20-19-35-13-7-8-14-38(35)31-39/h1-33H. The van der Waals surface area contributed by atoms with Crippen LogP contribution in [-0.4, -0.2) is 0 Å². The maximum Gasteiger partial charge on any atom is 0.143 e. The van der Waals surface area contributed by atoms with Gasteiger partial charge in [-0.2, -0.15) is 0 Å². The Kier molecular flexibility index (Phi) is 7.18. The Morgan fingerprint density at radius 3 is 1.60 bits per heavy atom. The lowest BCUT2D eigenvalue weighted by atomic mass is 9.95. The van der Waals surface area contributed by atoms with Crippen LogP contribution in [0.5, 0.6) is 0 Å². The SMILES string of the molecule is c1ccc(-c2ccc3c(c2)oc2c4ccccc4c(-c4ccc(N(c5ccccc5)c5ccc(-c6ccc7ccccc7c6)cc5)cc4)cc32)cc1. The van der Waals surface area contributed by atoms with E-state index in [0.717, 1.165) is 55.5 Å². The molecule has 0 saturated carbocycles. The van der Waals surface area contributed by atoms with Crippen molar-refractivity contribution in [2.45, 2.75) is 0 Å². The lowest BCUT2D eigenvalue weighted by molar-refractivity contribution is 0.673. The summed E-state index contributed by atoms with van der Waals surface area (Å²) in [5, 5.41) is 7.05. The van der Waals surface area contributed by atoms with Crippen molar-refractivity contribution in [1.29, 1.82) is 0 Å². The number of para-hydroxylation sites is 1. The van der Waals surface area contributed by atoms with E-state index >= 15 is 0 Å². The number of furan rings is 1. The lowest BCUT2D eigenvalue weighted by Gasteiger charge is -2.26. The van der Waals surface area contributed by atoms with E-state index in [4.69, 9.17) is 4.42 Å². The lowest BCUT2D eigenvalue weighted by Crippen LogP contribution is -2.09. The van der Waals surface area contributed by atoms with Crippen LogP contribution in [0, 0.1) is 0 Å². The van der Waals surface area contributed by atoms with Crippen molar-refractivity contribution >= 4 is 60.5 Å². The molecule has 244 valence electrons.